The van der Waals surface area contributed by atoms with Crippen molar-refractivity contribution in [1.82, 2.24) is 25.1 Å². The molecule has 2 heterocycles. The second-order valence-electron chi connectivity index (χ2n) is 7.61. The summed E-state index contributed by atoms with van der Waals surface area (Å²) in [5, 5.41) is 8.47. The molecule has 7 nitrogen and oxygen atoms in total. The number of aromatic nitrogens is 4. The van der Waals surface area contributed by atoms with Crippen molar-refractivity contribution in [2.45, 2.75) is 52.6 Å². The van der Waals surface area contributed by atoms with E-state index in [0.717, 1.165) is 34.3 Å². The zero-order valence-corrected chi connectivity index (χ0v) is 16.3. The number of nitrogens with zero attached hydrogens (tertiary/aromatic N) is 4. The molecule has 0 saturated carbocycles. The molecule has 0 saturated heterocycles. The van der Waals surface area contributed by atoms with E-state index >= 15 is 0 Å². The molecule has 0 aliphatic rings. The van der Waals surface area contributed by atoms with Gasteiger partial charge in [0, 0.05) is 18.5 Å². The Morgan fingerprint density at radius 3 is 2.52 bits per heavy atom. The predicted molar refractivity (Wildman–Crippen MR) is 107 cm³/mol. The third-order valence-electron chi connectivity index (χ3n) is 4.32. The van der Waals surface area contributed by atoms with Crippen LogP contribution in [0.3, 0.4) is 0 Å². The lowest BCUT2D eigenvalue weighted by Gasteiger charge is -2.19. The maximum Gasteiger partial charge on any atom is 0.220 e. The van der Waals surface area contributed by atoms with Gasteiger partial charge in [-0.15, -0.1) is 0 Å². The topological polar surface area (TPSA) is 98.7 Å². The molecule has 2 aromatic heterocycles. The standard InChI is InChI=1S/C20H26N6O/c1-5-6-15(27)22-11-13-7-9-14(10-8-13)17-16-18(21)23-12-24-19(16)26(25-17)20(2,3)4/h7-10,12H,5-6,11H2,1-4H3,(H,22,27)(H2,21,23,24). The van der Waals surface area contributed by atoms with Gasteiger partial charge >= 0.3 is 0 Å². The summed E-state index contributed by atoms with van der Waals surface area (Å²) in [5.74, 6) is 0.489. The molecule has 3 rings (SSSR count). The van der Waals surface area contributed by atoms with Crippen LogP contribution in [0.2, 0.25) is 0 Å². The Kier molecular flexibility index (Phi) is 5.12. The quantitative estimate of drug-likeness (QED) is 0.722. The third kappa shape index (κ3) is 3.92. The lowest BCUT2D eigenvalue weighted by atomic mass is 10.1. The van der Waals surface area contributed by atoms with Crippen molar-refractivity contribution in [2.75, 3.05) is 5.73 Å². The second-order valence-corrected chi connectivity index (χ2v) is 7.61. The molecule has 142 valence electrons. The van der Waals surface area contributed by atoms with Crippen LogP contribution in [-0.4, -0.2) is 25.7 Å². The monoisotopic (exact) mass is 366 g/mol. The van der Waals surface area contributed by atoms with Crippen LogP contribution in [0, 0.1) is 0 Å². The fourth-order valence-corrected chi connectivity index (χ4v) is 2.94. The number of nitrogens with one attached hydrogen (secondary N) is 1. The zero-order chi connectivity index (χ0) is 19.6. The van der Waals surface area contributed by atoms with Crippen LogP contribution in [0.1, 0.15) is 46.1 Å². The van der Waals surface area contributed by atoms with Crippen LogP contribution in [-0.2, 0) is 16.9 Å². The van der Waals surface area contributed by atoms with Crippen LogP contribution >= 0.6 is 0 Å². The molecule has 1 amide bonds. The first-order valence-corrected chi connectivity index (χ1v) is 9.17. The van der Waals surface area contributed by atoms with Crippen molar-refractivity contribution >= 4 is 22.8 Å². The molecule has 0 aliphatic heterocycles. The van der Waals surface area contributed by atoms with Crippen LogP contribution in [0.25, 0.3) is 22.3 Å². The Morgan fingerprint density at radius 2 is 1.89 bits per heavy atom. The molecule has 3 aromatic rings. The lowest BCUT2D eigenvalue weighted by Crippen LogP contribution is -2.23. The van der Waals surface area contributed by atoms with E-state index in [-0.39, 0.29) is 11.4 Å². The normalized spacial score (nSPS) is 11.7. The molecule has 27 heavy (non-hydrogen) atoms. The second kappa shape index (κ2) is 7.34. The van der Waals surface area contributed by atoms with Gasteiger partial charge in [0.25, 0.3) is 0 Å². The van der Waals surface area contributed by atoms with E-state index in [2.05, 4.69) is 36.1 Å². The van der Waals surface area contributed by atoms with E-state index in [0.29, 0.717) is 18.8 Å². The summed E-state index contributed by atoms with van der Waals surface area (Å²) >= 11 is 0. The molecule has 0 radical (unpaired) electrons. The first-order valence-electron chi connectivity index (χ1n) is 9.17. The number of nitrogens with two attached hydrogens (primary N) is 1. The van der Waals surface area contributed by atoms with Gasteiger partial charge in [-0.05, 0) is 32.8 Å². The molecule has 0 bridgehead atoms. The summed E-state index contributed by atoms with van der Waals surface area (Å²) in [7, 11) is 0. The number of carbonyl (C=O) groups excluding carboxylic acids is 1. The predicted octanol–water partition coefficient (Wildman–Crippen LogP) is 3.25. The van der Waals surface area contributed by atoms with Crippen molar-refractivity contribution in [3.05, 3.63) is 36.2 Å². The lowest BCUT2D eigenvalue weighted by molar-refractivity contribution is -0.121. The highest BCUT2D eigenvalue weighted by atomic mass is 16.1. The minimum atomic E-state index is -0.235. The van der Waals surface area contributed by atoms with E-state index in [9.17, 15) is 4.79 Å². The van der Waals surface area contributed by atoms with Gasteiger partial charge in [0.2, 0.25) is 5.91 Å². The SMILES string of the molecule is CCCC(=O)NCc1ccc(-c2nn(C(C)(C)C)c3ncnc(N)c23)cc1. The average Bonchev–Trinajstić information content (AvgIpc) is 3.02. The molecule has 0 fully saturated rings. The minimum absolute atomic E-state index is 0.0708. The molecule has 0 spiro atoms. The van der Waals surface area contributed by atoms with Gasteiger partial charge in [-0.2, -0.15) is 5.10 Å². The maximum atomic E-state index is 11.6. The first-order chi connectivity index (χ1) is 12.8. The Hall–Kier alpha value is -2.96. The molecule has 0 unspecified atom stereocenters. The van der Waals surface area contributed by atoms with Crippen LogP contribution in [0.5, 0.6) is 0 Å². The van der Waals surface area contributed by atoms with E-state index in [1.165, 1.54) is 6.33 Å². The Bertz CT molecular complexity index is 953. The fraction of sp³-hybridized carbons (Fsp3) is 0.400. The van der Waals surface area contributed by atoms with E-state index in [1.807, 2.05) is 35.9 Å². The van der Waals surface area contributed by atoms with E-state index in [4.69, 9.17) is 10.8 Å². The summed E-state index contributed by atoms with van der Waals surface area (Å²) in [5.41, 5.74) is 9.36. The molecule has 0 atom stereocenters. The Morgan fingerprint density at radius 1 is 1.19 bits per heavy atom. The van der Waals surface area contributed by atoms with Gasteiger partial charge < -0.3 is 11.1 Å². The van der Waals surface area contributed by atoms with Gasteiger partial charge in [-0.1, -0.05) is 31.2 Å². The van der Waals surface area contributed by atoms with Crippen LogP contribution in [0.15, 0.2) is 30.6 Å². The third-order valence-corrected chi connectivity index (χ3v) is 4.32. The summed E-state index contributed by atoms with van der Waals surface area (Å²) in [6, 6.07) is 7.96. The van der Waals surface area contributed by atoms with Crippen molar-refractivity contribution in [3.8, 4) is 11.3 Å². The number of carbonyl (C=O) groups is 1. The number of hydrogen-bond acceptors (Lipinski definition) is 5. The van der Waals surface area contributed by atoms with Crippen LogP contribution < -0.4 is 11.1 Å². The highest BCUT2D eigenvalue weighted by Crippen LogP contribution is 2.32. The summed E-state index contributed by atoms with van der Waals surface area (Å²) in [6.07, 6.45) is 2.86. The van der Waals surface area contributed by atoms with Gasteiger partial charge in [-0.3, -0.25) is 4.79 Å². The Balaban J connectivity index is 1.95. The maximum absolute atomic E-state index is 11.6. The van der Waals surface area contributed by atoms with E-state index < -0.39 is 0 Å². The minimum Gasteiger partial charge on any atom is -0.383 e. The zero-order valence-electron chi connectivity index (χ0n) is 16.3. The number of amides is 1. The van der Waals surface area contributed by atoms with Gasteiger partial charge in [0.15, 0.2) is 5.65 Å². The van der Waals surface area contributed by atoms with Crippen molar-refractivity contribution in [1.29, 1.82) is 0 Å². The van der Waals surface area contributed by atoms with Gasteiger partial charge in [0.05, 0.1) is 10.9 Å². The van der Waals surface area contributed by atoms with Crippen LogP contribution in [0.4, 0.5) is 5.82 Å². The number of rotatable bonds is 5. The summed E-state index contributed by atoms with van der Waals surface area (Å²) < 4.78 is 1.88. The van der Waals surface area contributed by atoms with Crippen molar-refractivity contribution < 1.29 is 4.79 Å². The number of benzene rings is 1. The molecule has 1 aromatic carbocycles. The number of fused-ring (bicyclic) bond motifs is 1. The molecule has 0 aliphatic carbocycles. The highest BCUT2D eigenvalue weighted by Gasteiger charge is 2.23. The highest BCUT2D eigenvalue weighted by molar-refractivity contribution is 5.98. The Labute approximate surface area is 159 Å². The van der Waals surface area contributed by atoms with E-state index in [1.54, 1.807) is 0 Å². The van der Waals surface area contributed by atoms with Gasteiger partial charge in [0.1, 0.15) is 17.8 Å². The molecular formula is C20H26N6O. The molecular weight excluding hydrogens is 340 g/mol. The van der Waals surface area contributed by atoms with Crippen molar-refractivity contribution in [3.63, 3.8) is 0 Å². The van der Waals surface area contributed by atoms with Crippen molar-refractivity contribution in [2.24, 2.45) is 0 Å². The fourth-order valence-electron chi connectivity index (χ4n) is 2.94. The molecule has 3 N–H and O–H groups in total. The summed E-state index contributed by atoms with van der Waals surface area (Å²) in [6.45, 7) is 8.73. The summed E-state index contributed by atoms with van der Waals surface area (Å²) in [4.78, 5) is 20.2. The number of hydrogen-bond donors (Lipinski definition) is 2. The largest absolute Gasteiger partial charge is 0.383 e. The smallest absolute Gasteiger partial charge is 0.220 e. The first kappa shape index (κ1) is 18.8. The van der Waals surface area contributed by atoms with Gasteiger partial charge in [-0.25, -0.2) is 14.6 Å². The number of nitrogen functional groups attached to an aromatic ring is 1. The molecule has 7 heteroatoms. The number of anilines is 1. The average molecular weight is 366 g/mol.